The Morgan fingerprint density at radius 2 is 1.62 bits per heavy atom. The first-order chi connectivity index (χ1) is 3.79. The zero-order valence-corrected chi connectivity index (χ0v) is 5.42. The summed E-state index contributed by atoms with van der Waals surface area (Å²) in [5, 5.41) is 6.40. The lowest BCUT2D eigenvalue weighted by Gasteiger charge is -2.07. The number of halogens is 2. The predicted molar refractivity (Wildman–Crippen MR) is 34.1 cm³/mol. The maximum Gasteiger partial charge on any atom is 0.123 e. The van der Waals surface area contributed by atoms with Crippen molar-refractivity contribution in [3.8, 4) is 0 Å². The SMILES string of the molecule is ClC1=CNC=C(Cl)N1. The topological polar surface area (TPSA) is 24.1 Å². The van der Waals surface area contributed by atoms with Crippen LogP contribution in [0.15, 0.2) is 22.7 Å². The molecule has 0 spiro atoms. The van der Waals surface area contributed by atoms with Crippen molar-refractivity contribution in [2.45, 2.75) is 0 Å². The van der Waals surface area contributed by atoms with Crippen LogP contribution in [0.4, 0.5) is 0 Å². The molecule has 8 heavy (non-hydrogen) atoms. The van der Waals surface area contributed by atoms with E-state index in [4.69, 9.17) is 23.2 Å². The largest absolute Gasteiger partial charge is 0.363 e. The molecule has 4 heteroatoms. The van der Waals surface area contributed by atoms with E-state index in [1.807, 2.05) is 0 Å². The molecule has 44 valence electrons. The molecular weight excluding hydrogens is 147 g/mol. The van der Waals surface area contributed by atoms with E-state index in [1.54, 1.807) is 12.4 Å². The highest BCUT2D eigenvalue weighted by atomic mass is 35.5. The van der Waals surface area contributed by atoms with E-state index in [9.17, 15) is 0 Å². The maximum absolute atomic E-state index is 5.47. The average Bonchev–Trinajstić information content (AvgIpc) is 1.64. The third-order valence-corrected chi connectivity index (χ3v) is 1.07. The van der Waals surface area contributed by atoms with Crippen LogP contribution in [0, 0.1) is 0 Å². The Bertz CT molecular complexity index is 134. The second kappa shape index (κ2) is 2.29. The van der Waals surface area contributed by atoms with E-state index >= 15 is 0 Å². The molecule has 0 aromatic rings. The van der Waals surface area contributed by atoms with Crippen molar-refractivity contribution >= 4 is 23.2 Å². The monoisotopic (exact) mass is 150 g/mol. The lowest BCUT2D eigenvalue weighted by atomic mass is 10.7. The summed E-state index contributed by atoms with van der Waals surface area (Å²) in [6.45, 7) is 0. The summed E-state index contributed by atoms with van der Waals surface area (Å²) in [5.74, 6) is 0. The third kappa shape index (κ3) is 1.32. The van der Waals surface area contributed by atoms with E-state index in [0.29, 0.717) is 10.3 Å². The fourth-order valence-electron chi connectivity index (χ4n) is 0.374. The molecule has 0 aromatic heterocycles. The number of rotatable bonds is 0. The van der Waals surface area contributed by atoms with Crippen LogP contribution in [-0.2, 0) is 0 Å². The first-order valence-electron chi connectivity index (χ1n) is 2.03. The Balaban J connectivity index is 2.57. The molecule has 0 radical (unpaired) electrons. The fourth-order valence-corrected chi connectivity index (χ4v) is 0.752. The van der Waals surface area contributed by atoms with E-state index < -0.39 is 0 Å². The summed E-state index contributed by atoms with van der Waals surface area (Å²) >= 11 is 10.9. The van der Waals surface area contributed by atoms with Crippen molar-refractivity contribution in [1.29, 1.82) is 0 Å². The van der Waals surface area contributed by atoms with Crippen LogP contribution in [0.2, 0.25) is 0 Å². The predicted octanol–water partition coefficient (Wildman–Crippen LogP) is 1.25. The van der Waals surface area contributed by atoms with Gasteiger partial charge in [-0.15, -0.1) is 0 Å². The molecular formula is C4H4Cl2N2. The lowest BCUT2D eigenvalue weighted by Crippen LogP contribution is -2.14. The Morgan fingerprint density at radius 1 is 1.12 bits per heavy atom. The van der Waals surface area contributed by atoms with Crippen molar-refractivity contribution in [3.63, 3.8) is 0 Å². The van der Waals surface area contributed by atoms with Gasteiger partial charge < -0.3 is 10.6 Å². The number of nitrogens with one attached hydrogen (secondary N) is 2. The first-order valence-corrected chi connectivity index (χ1v) is 2.79. The molecule has 1 heterocycles. The van der Waals surface area contributed by atoms with Crippen LogP contribution in [0.3, 0.4) is 0 Å². The summed E-state index contributed by atoms with van der Waals surface area (Å²) in [4.78, 5) is 0. The summed E-state index contributed by atoms with van der Waals surface area (Å²) in [7, 11) is 0. The van der Waals surface area contributed by atoms with Crippen LogP contribution in [0.25, 0.3) is 0 Å². The molecule has 2 N–H and O–H groups in total. The van der Waals surface area contributed by atoms with E-state index in [-0.39, 0.29) is 0 Å². The van der Waals surface area contributed by atoms with Gasteiger partial charge >= 0.3 is 0 Å². The Kier molecular flexibility index (Phi) is 1.65. The second-order valence-corrected chi connectivity index (χ2v) is 2.09. The summed E-state index contributed by atoms with van der Waals surface area (Å²) in [6, 6.07) is 0. The van der Waals surface area contributed by atoms with Gasteiger partial charge in [0.25, 0.3) is 0 Å². The van der Waals surface area contributed by atoms with Crippen LogP contribution in [-0.4, -0.2) is 0 Å². The van der Waals surface area contributed by atoms with Gasteiger partial charge in [0.1, 0.15) is 10.3 Å². The highest BCUT2D eigenvalue weighted by Gasteiger charge is 1.96. The smallest absolute Gasteiger partial charge is 0.123 e. The van der Waals surface area contributed by atoms with Gasteiger partial charge in [0.05, 0.1) is 0 Å². The van der Waals surface area contributed by atoms with Crippen molar-refractivity contribution in [3.05, 3.63) is 22.7 Å². The van der Waals surface area contributed by atoms with Gasteiger partial charge in [-0.3, -0.25) is 0 Å². The van der Waals surface area contributed by atoms with E-state index in [0.717, 1.165) is 0 Å². The van der Waals surface area contributed by atoms with Crippen LogP contribution in [0.5, 0.6) is 0 Å². The van der Waals surface area contributed by atoms with E-state index in [1.165, 1.54) is 0 Å². The molecule has 0 aromatic carbocycles. The standard InChI is InChI=1S/C4H4Cl2N2/c5-3-1-7-2-4(6)8-3/h1-2,7-8H. The van der Waals surface area contributed by atoms with Crippen molar-refractivity contribution in [2.24, 2.45) is 0 Å². The van der Waals surface area contributed by atoms with Gasteiger partial charge in [0.15, 0.2) is 0 Å². The molecule has 0 aliphatic carbocycles. The fraction of sp³-hybridized carbons (Fsp3) is 0. The first kappa shape index (κ1) is 5.79. The minimum atomic E-state index is 0.498. The van der Waals surface area contributed by atoms with Crippen LogP contribution >= 0.6 is 23.2 Å². The Hall–Kier alpha value is -0.340. The van der Waals surface area contributed by atoms with Gasteiger partial charge in [-0.2, -0.15) is 0 Å². The molecule has 0 bridgehead atoms. The minimum Gasteiger partial charge on any atom is -0.363 e. The van der Waals surface area contributed by atoms with E-state index in [2.05, 4.69) is 10.6 Å². The molecule has 0 saturated heterocycles. The minimum absolute atomic E-state index is 0.498. The summed E-state index contributed by atoms with van der Waals surface area (Å²) in [6.07, 6.45) is 3.21. The molecule has 2 nitrogen and oxygen atoms in total. The number of hydrogen-bond acceptors (Lipinski definition) is 2. The molecule has 1 rings (SSSR count). The third-order valence-electron chi connectivity index (χ3n) is 0.659. The number of hydrogen-bond donors (Lipinski definition) is 2. The second-order valence-electron chi connectivity index (χ2n) is 1.28. The quantitative estimate of drug-likeness (QED) is 0.509. The van der Waals surface area contributed by atoms with Crippen molar-refractivity contribution in [2.75, 3.05) is 0 Å². The zero-order valence-electron chi connectivity index (χ0n) is 3.91. The van der Waals surface area contributed by atoms with Crippen molar-refractivity contribution < 1.29 is 0 Å². The Morgan fingerprint density at radius 3 is 1.88 bits per heavy atom. The van der Waals surface area contributed by atoms with Gasteiger partial charge in [0, 0.05) is 12.4 Å². The van der Waals surface area contributed by atoms with Gasteiger partial charge in [0.2, 0.25) is 0 Å². The normalized spacial score (nSPS) is 17.8. The molecule has 0 saturated carbocycles. The van der Waals surface area contributed by atoms with Gasteiger partial charge in [-0.1, -0.05) is 23.2 Å². The Labute approximate surface area is 57.2 Å². The van der Waals surface area contributed by atoms with Gasteiger partial charge in [-0.25, -0.2) is 0 Å². The van der Waals surface area contributed by atoms with Gasteiger partial charge in [-0.05, 0) is 0 Å². The molecule has 1 aliphatic rings. The zero-order chi connectivity index (χ0) is 5.98. The van der Waals surface area contributed by atoms with Crippen LogP contribution < -0.4 is 10.6 Å². The highest BCUT2D eigenvalue weighted by Crippen LogP contribution is 2.05. The molecule has 0 atom stereocenters. The summed E-state index contributed by atoms with van der Waals surface area (Å²) in [5.41, 5.74) is 0. The molecule has 0 unspecified atom stereocenters. The summed E-state index contributed by atoms with van der Waals surface area (Å²) < 4.78 is 0. The maximum atomic E-state index is 5.47. The average molecular weight is 151 g/mol. The van der Waals surface area contributed by atoms with Crippen molar-refractivity contribution in [1.82, 2.24) is 10.6 Å². The highest BCUT2D eigenvalue weighted by molar-refractivity contribution is 6.33. The van der Waals surface area contributed by atoms with Crippen LogP contribution in [0.1, 0.15) is 0 Å². The molecule has 1 aliphatic heterocycles. The molecule has 0 fully saturated rings. The lowest BCUT2D eigenvalue weighted by molar-refractivity contribution is 0.997. The molecule has 0 amide bonds.